The second-order valence-corrected chi connectivity index (χ2v) is 8.86. The lowest BCUT2D eigenvalue weighted by atomic mass is 10.0. The number of benzene rings is 3. The van der Waals surface area contributed by atoms with Gasteiger partial charge in [-0.25, -0.2) is 9.18 Å². The summed E-state index contributed by atoms with van der Waals surface area (Å²) < 4.78 is 20.0. The Hall–Kier alpha value is -4.37. The molecule has 7 nitrogen and oxygen atoms in total. The molecule has 2 aromatic heterocycles. The highest BCUT2D eigenvalue weighted by Gasteiger charge is 2.23. The summed E-state index contributed by atoms with van der Waals surface area (Å²) in [6, 6.07) is 18.8. The van der Waals surface area contributed by atoms with Crippen LogP contribution in [-0.4, -0.2) is 28.3 Å². The highest BCUT2D eigenvalue weighted by molar-refractivity contribution is 7.16. The molecule has 36 heavy (non-hydrogen) atoms. The molecule has 0 aliphatic carbocycles. The van der Waals surface area contributed by atoms with E-state index in [0.29, 0.717) is 0 Å². The molecule has 5 rings (SSSR count). The maximum absolute atomic E-state index is 13.9. The molecule has 0 atom stereocenters. The summed E-state index contributed by atoms with van der Waals surface area (Å²) >= 11 is 1.11. The number of amides is 1. The summed E-state index contributed by atoms with van der Waals surface area (Å²) in [5.74, 6) is -1.60. The molecule has 1 amide bonds. The first-order valence-electron chi connectivity index (χ1n) is 11.2. The van der Waals surface area contributed by atoms with Crippen LogP contribution in [0.1, 0.15) is 23.0 Å². The van der Waals surface area contributed by atoms with Crippen LogP contribution in [0.4, 0.5) is 9.39 Å². The lowest BCUT2D eigenvalue weighted by Gasteiger charge is -2.10. The van der Waals surface area contributed by atoms with E-state index in [-0.39, 0.29) is 46.1 Å². The number of hydrogen-bond acceptors (Lipinski definition) is 6. The van der Waals surface area contributed by atoms with Gasteiger partial charge >= 0.3 is 5.97 Å². The largest absolute Gasteiger partial charge is 0.461 e. The topological polar surface area (TPSA) is 90.3 Å². The van der Waals surface area contributed by atoms with Gasteiger partial charge in [-0.2, -0.15) is 9.78 Å². The van der Waals surface area contributed by atoms with Crippen molar-refractivity contribution in [3.05, 3.63) is 99.5 Å². The van der Waals surface area contributed by atoms with Crippen LogP contribution in [0.2, 0.25) is 0 Å². The Morgan fingerprint density at radius 1 is 1.06 bits per heavy atom. The summed E-state index contributed by atoms with van der Waals surface area (Å²) in [4.78, 5) is 39.1. The third-order valence-electron chi connectivity index (χ3n) is 5.66. The van der Waals surface area contributed by atoms with Gasteiger partial charge in [0.1, 0.15) is 10.8 Å². The van der Waals surface area contributed by atoms with Gasteiger partial charge in [-0.3, -0.25) is 9.59 Å². The lowest BCUT2D eigenvalue weighted by Crippen LogP contribution is -2.26. The molecule has 0 unspecified atom stereocenters. The van der Waals surface area contributed by atoms with Crippen LogP contribution in [0.25, 0.3) is 27.2 Å². The van der Waals surface area contributed by atoms with Crippen molar-refractivity contribution in [2.75, 3.05) is 11.9 Å². The SMILES string of the molecule is CCOC(=O)c1nn(-c2cccc(F)c2)c(=O)c2c(NC(=O)Cc3cccc4ccccc34)scc12. The average molecular weight is 502 g/mol. The van der Waals surface area contributed by atoms with Gasteiger partial charge in [0, 0.05) is 10.8 Å². The number of carbonyl (C=O) groups is 2. The second kappa shape index (κ2) is 9.71. The number of anilines is 1. The molecule has 180 valence electrons. The maximum Gasteiger partial charge on any atom is 0.359 e. The van der Waals surface area contributed by atoms with Crippen molar-refractivity contribution in [2.24, 2.45) is 0 Å². The maximum atomic E-state index is 13.9. The molecule has 0 saturated carbocycles. The predicted molar refractivity (Wildman–Crippen MR) is 137 cm³/mol. The fourth-order valence-electron chi connectivity index (χ4n) is 4.07. The Labute approximate surface area is 208 Å². The van der Waals surface area contributed by atoms with E-state index in [1.165, 1.54) is 18.2 Å². The van der Waals surface area contributed by atoms with Crippen molar-refractivity contribution in [1.82, 2.24) is 9.78 Å². The standard InChI is InChI=1S/C27H20FN3O4S/c1-2-35-27(34)24-21-15-36-25(23(21)26(33)31(30-24)19-11-6-10-18(28)14-19)29-22(32)13-17-9-5-8-16-7-3-4-12-20(16)17/h3-12,14-15H,2,13H2,1H3,(H,29,32). The quantitative estimate of drug-likeness (QED) is 0.327. The zero-order chi connectivity index (χ0) is 25.2. The van der Waals surface area contributed by atoms with Crippen LogP contribution in [0.5, 0.6) is 0 Å². The lowest BCUT2D eigenvalue weighted by molar-refractivity contribution is -0.115. The number of fused-ring (bicyclic) bond motifs is 2. The number of halogens is 1. The van der Waals surface area contributed by atoms with Gasteiger partial charge in [0.05, 0.1) is 24.1 Å². The fraction of sp³-hybridized carbons (Fsp3) is 0.111. The highest BCUT2D eigenvalue weighted by atomic mass is 32.1. The van der Waals surface area contributed by atoms with Crippen LogP contribution >= 0.6 is 11.3 Å². The zero-order valence-electron chi connectivity index (χ0n) is 19.2. The minimum atomic E-state index is -0.723. The molecular weight excluding hydrogens is 481 g/mol. The fourth-order valence-corrected chi connectivity index (χ4v) is 5.02. The molecule has 0 saturated heterocycles. The molecule has 2 heterocycles. The van der Waals surface area contributed by atoms with E-state index >= 15 is 0 Å². The molecule has 3 aromatic carbocycles. The van der Waals surface area contributed by atoms with Crippen LogP contribution in [0.3, 0.4) is 0 Å². The van der Waals surface area contributed by atoms with Gasteiger partial charge in [-0.1, -0.05) is 48.5 Å². The van der Waals surface area contributed by atoms with E-state index in [4.69, 9.17) is 4.74 Å². The van der Waals surface area contributed by atoms with Crippen molar-refractivity contribution in [1.29, 1.82) is 0 Å². The Morgan fingerprint density at radius 2 is 1.83 bits per heavy atom. The summed E-state index contributed by atoms with van der Waals surface area (Å²) in [5.41, 5.74) is 0.302. The van der Waals surface area contributed by atoms with Crippen molar-refractivity contribution >= 4 is 49.8 Å². The van der Waals surface area contributed by atoms with Crippen molar-refractivity contribution in [2.45, 2.75) is 13.3 Å². The number of rotatable bonds is 6. The molecule has 0 fully saturated rings. The molecule has 0 bridgehead atoms. The Kier molecular flexibility index (Phi) is 6.30. The van der Waals surface area contributed by atoms with Crippen molar-refractivity contribution < 1.29 is 18.7 Å². The first kappa shape index (κ1) is 23.4. The van der Waals surface area contributed by atoms with Gasteiger partial charge in [-0.05, 0) is 41.5 Å². The first-order valence-corrected chi connectivity index (χ1v) is 12.1. The van der Waals surface area contributed by atoms with E-state index in [1.54, 1.807) is 12.3 Å². The van der Waals surface area contributed by atoms with E-state index in [1.807, 2.05) is 42.5 Å². The monoisotopic (exact) mass is 501 g/mol. The first-order chi connectivity index (χ1) is 17.5. The van der Waals surface area contributed by atoms with E-state index in [9.17, 15) is 18.8 Å². The summed E-state index contributed by atoms with van der Waals surface area (Å²) in [5, 5.41) is 11.2. The van der Waals surface area contributed by atoms with E-state index < -0.39 is 17.3 Å². The number of thiophene rings is 1. The Morgan fingerprint density at radius 3 is 2.64 bits per heavy atom. The number of nitrogens with one attached hydrogen (secondary N) is 1. The van der Waals surface area contributed by atoms with Gasteiger partial charge < -0.3 is 10.1 Å². The van der Waals surface area contributed by atoms with Crippen LogP contribution in [-0.2, 0) is 16.0 Å². The smallest absolute Gasteiger partial charge is 0.359 e. The van der Waals surface area contributed by atoms with Crippen LogP contribution < -0.4 is 10.9 Å². The molecule has 0 aliphatic heterocycles. The molecule has 9 heteroatoms. The zero-order valence-corrected chi connectivity index (χ0v) is 20.0. The molecule has 1 N–H and O–H groups in total. The summed E-state index contributed by atoms with van der Waals surface area (Å²) in [7, 11) is 0. The minimum Gasteiger partial charge on any atom is -0.461 e. The number of carbonyl (C=O) groups excluding carboxylic acids is 2. The predicted octanol–water partition coefficient (Wildman–Crippen LogP) is 5.10. The second-order valence-electron chi connectivity index (χ2n) is 7.98. The number of nitrogens with zero attached hydrogens (tertiary/aromatic N) is 2. The van der Waals surface area contributed by atoms with E-state index in [2.05, 4.69) is 10.4 Å². The Balaban J connectivity index is 1.58. The minimum absolute atomic E-state index is 0.0919. The van der Waals surface area contributed by atoms with Gasteiger partial charge in [0.2, 0.25) is 5.91 Å². The summed E-state index contributed by atoms with van der Waals surface area (Å²) in [6.07, 6.45) is 0.0919. The third kappa shape index (κ3) is 4.36. The normalized spacial score (nSPS) is 11.1. The highest BCUT2D eigenvalue weighted by Crippen LogP contribution is 2.31. The molecule has 0 radical (unpaired) electrons. The molecule has 0 aliphatic rings. The van der Waals surface area contributed by atoms with Crippen molar-refractivity contribution in [3.8, 4) is 5.69 Å². The van der Waals surface area contributed by atoms with Crippen molar-refractivity contribution in [3.63, 3.8) is 0 Å². The average Bonchev–Trinajstić information content (AvgIpc) is 3.28. The summed E-state index contributed by atoms with van der Waals surface area (Å²) in [6.45, 7) is 1.77. The van der Waals surface area contributed by atoms with Gasteiger partial charge in [0.15, 0.2) is 5.69 Å². The number of aromatic nitrogens is 2. The Bertz CT molecular complexity index is 1690. The van der Waals surface area contributed by atoms with Gasteiger partial charge in [0.25, 0.3) is 5.56 Å². The molecule has 5 aromatic rings. The number of esters is 1. The van der Waals surface area contributed by atoms with Crippen LogP contribution in [0.15, 0.2) is 76.9 Å². The van der Waals surface area contributed by atoms with E-state index in [0.717, 1.165) is 38.4 Å². The molecular formula is C27H20FN3O4S. The van der Waals surface area contributed by atoms with Crippen LogP contribution in [0, 0.1) is 5.82 Å². The third-order valence-corrected chi connectivity index (χ3v) is 6.55. The number of hydrogen-bond donors (Lipinski definition) is 1. The van der Waals surface area contributed by atoms with Gasteiger partial charge in [-0.15, -0.1) is 11.3 Å². The molecule has 0 spiro atoms. The number of ether oxygens (including phenoxy) is 1.